The molecule has 2 fully saturated rings. The molecule has 1 saturated carbocycles. The second-order valence-corrected chi connectivity index (χ2v) is 9.21. The molecule has 0 radical (unpaired) electrons. The lowest BCUT2D eigenvalue weighted by Gasteiger charge is -2.39. The highest BCUT2D eigenvalue weighted by Crippen LogP contribution is 2.52. The van der Waals surface area contributed by atoms with Crippen LogP contribution in [0, 0.1) is 10.8 Å². The molecule has 6 nitrogen and oxygen atoms in total. The van der Waals surface area contributed by atoms with E-state index in [1.54, 1.807) is 12.1 Å². The summed E-state index contributed by atoms with van der Waals surface area (Å²) in [6, 6.07) is 7.42. The number of carbonyl (C=O) groups excluding carboxylic acids is 2. The van der Waals surface area contributed by atoms with E-state index in [0.29, 0.717) is 11.5 Å². The number of nitrogens with zero attached hydrogens (tertiary/aromatic N) is 1. The lowest BCUT2D eigenvalue weighted by molar-refractivity contribution is -0.160. The predicted molar refractivity (Wildman–Crippen MR) is 98.6 cm³/mol. The van der Waals surface area contributed by atoms with Crippen LogP contribution in [0.2, 0.25) is 0 Å². The smallest absolute Gasteiger partial charge is 0.351 e. The maximum Gasteiger partial charge on any atom is 0.351 e. The van der Waals surface area contributed by atoms with Crippen molar-refractivity contribution in [2.75, 3.05) is 19.8 Å². The van der Waals surface area contributed by atoms with Crippen molar-refractivity contribution in [3.8, 4) is 11.5 Å². The number of amides is 1. The van der Waals surface area contributed by atoms with Crippen LogP contribution >= 0.6 is 0 Å². The van der Waals surface area contributed by atoms with E-state index < -0.39 is 12.1 Å². The Labute approximate surface area is 159 Å². The number of fused-ring (bicyclic) bond motifs is 3. The zero-order chi connectivity index (χ0) is 19.2. The van der Waals surface area contributed by atoms with Crippen LogP contribution in [-0.4, -0.2) is 48.7 Å². The Hall–Kier alpha value is -2.24. The molecule has 0 spiro atoms. The first-order valence-corrected chi connectivity index (χ1v) is 9.59. The van der Waals surface area contributed by atoms with Gasteiger partial charge in [0.15, 0.2) is 18.1 Å². The van der Waals surface area contributed by atoms with Crippen LogP contribution in [0.5, 0.6) is 11.5 Å². The van der Waals surface area contributed by atoms with Gasteiger partial charge in [-0.2, -0.15) is 0 Å². The molecule has 3 atom stereocenters. The number of esters is 1. The van der Waals surface area contributed by atoms with Crippen LogP contribution in [0.25, 0.3) is 0 Å². The van der Waals surface area contributed by atoms with Crippen LogP contribution in [0.1, 0.15) is 40.0 Å². The molecule has 0 aromatic heterocycles. The van der Waals surface area contributed by atoms with Crippen molar-refractivity contribution in [1.82, 2.24) is 4.90 Å². The third-order valence-electron chi connectivity index (χ3n) is 5.84. The fourth-order valence-electron chi connectivity index (χ4n) is 5.20. The molecule has 1 aliphatic carbocycles. The quantitative estimate of drug-likeness (QED) is 0.763. The van der Waals surface area contributed by atoms with Gasteiger partial charge in [-0.3, -0.25) is 4.79 Å². The summed E-state index contributed by atoms with van der Waals surface area (Å²) in [5.74, 6) is 0.441. The highest BCUT2D eigenvalue weighted by Gasteiger charge is 2.51. The zero-order valence-electron chi connectivity index (χ0n) is 16.2. The Morgan fingerprint density at radius 1 is 1.19 bits per heavy atom. The van der Waals surface area contributed by atoms with E-state index in [0.717, 1.165) is 25.8 Å². The van der Waals surface area contributed by atoms with Crippen molar-refractivity contribution >= 4 is 11.9 Å². The second-order valence-electron chi connectivity index (χ2n) is 9.21. The van der Waals surface area contributed by atoms with Gasteiger partial charge in [0.1, 0.15) is 6.61 Å². The topological polar surface area (TPSA) is 65.1 Å². The zero-order valence-corrected chi connectivity index (χ0v) is 16.2. The second kappa shape index (κ2) is 6.43. The predicted octanol–water partition coefficient (Wildman–Crippen LogP) is 2.80. The van der Waals surface area contributed by atoms with Crippen LogP contribution in [0.4, 0.5) is 0 Å². The highest BCUT2D eigenvalue weighted by atomic mass is 16.6. The van der Waals surface area contributed by atoms with E-state index in [-0.39, 0.29) is 36.0 Å². The molecule has 1 amide bonds. The lowest BCUT2D eigenvalue weighted by Crippen LogP contribution is -2.42. The monoisotopic (exact) mass is 373 g/mol. The summed E-state index contributed by atoms with van der Waals surface area (Å²) in [5.41, 5.74) is 0.403. The maximum atomic E-state index is 12.7. The molecule has 6 heteroatoms. The van der Waals surface area contributed by atoms with Gasteiger partial charge in [0.05, 0.1) is 0 Å². The first-order chi connectivity index (χ1) is 12.7. The molecule has 1 aromatic carbocycles. The van der Waals surface area contributed by atoms with E-state index in [1.165, 1.54) is 0 Å². The molecule has 3 aliphatic rings. The van der Waals surface area contributed by atoms with E-state index in [2.05, 4.69) is 20.8 Å². The number of hydrogen-bond donors (Lipinski definition) is 0. The fraction of sp³-hybridized carbons (Fsp3) is 0.619. The Balaban J connectivity index is 1.33. The van der Waals surface area contributed by atoms with Gasteiger partial charge < -0.3 is 19.1 Å². The summed E-state index contributed by atoms with van der Waals surface area (Å²) in [7, 11) is 0. The number of likely N-dealkylation sites (tertiary alicyclic amines) is 1. The first-order valence-electron chi connectivity index (χ1n) is 9.59. The molecule has 2 aliphatic heterocycles. The Bertz CT molecular complexity index is 761. The molecule has 27 heavy (non-hydrogen) atoms. The number of hydrogen-bond acceptors (Lipinski definition) is 5. The van der Waals surface area contributed by atoms with E-state index in [9.17, 15) is 9.59 Å². The molecule has 146 valence electrons. The first kappa shape index (κ1) is 18.1. The molecule has 2 bridgehead atoms. The van der Waals surface area contributed by atoms with Crippen molar-refractivity contribution in [1.29, 1.82) is 0 Å². The minimum absolute atomic E-state index is 0.0859. The highest BCUT2D eigenvalue weighted by molar-refractivity contribution is 5.83. The number of benzene rings is 1. The third kappa shape index (κ3) is 3.62. The van der Waals surface area contributed by atoms with Crippen molar-refractivity contribution in [3.63, 3.8) is 0 Å². The van der Waals surface area contributed by atoms with Gasteiger partial charge in [-0.25, -0.2) is 4.79 Å². The van der Waals surface area contributed by atoms with Gasteiger partial charge in [-0.05, 0) is 42.2 Å². The molecule has 2 heterocycles. The van der Waals surface area contributed by atoms with Crippen molar-refractivity contribution in [3.05, 3.63) is 24.3 Å². The van der Waals surface area contributed by atoms with Gasteiger partial charge >= 0.3 is 5.97 Å². The van der Waals surface area contributed by atoms with Crippen molar-refractivity contribution in [2.24, 2.45) is 10.8 Å². The fourth-order valence-corrected chi connectivity index (χ4v) is 5.20. The Morgan fingerprint density at radius 2 is 1.93 bits per heavy atom. The minimum atomic E-state index is -0.845. The maximum absolute atomic E-state index is 12.7. The summed E-state index contributed by atoms with van der Waals surface area (Å²) in [6.45, 7) is 7.38. The van der Waals surface area contributed by atoms with Crippen LogP contribution in [0.15, 0.2) is 24.3 Å². The summed E-state index contributed by atoms with van der Waals surface area (Å²) in [6.07, 6.45) is 2.31. The van der Waals surface area contributed by atoms with E-state index in [4.69, 9.17) is 14.2 Å². The Morgan fingerprint density at radius 3 is 2.70 bits per heavy atom. The SMILES string of the molecule is CC1(C)C[C@@H]2C[C@](C)(CN2C(=O)COC(=O)[C@H]2COc3ccccc3O2)C1. The minimum Gasteiger partial charge on any atom is -0.485 e. The summed E-state index contributed by atoms with van der Waals surface area (Å²) < 4.78 is 16.4. The van der Waals surface area contributed by atoms with Crippen LogP contribution in [0.3, 0.4) is 0 Å². The number of para-hydroxylation sites is 2. The summed E-state index contributed by atoms with van der Waals surface area (Å²) >= 11 is 0. The van der Waals surface area contributed by atoms with Gasteiger partial charge in [0, 0.05) is 12.6 Å². The van der Waals surface area contributed by atoms with Crippen LogP contribution < -0.4 is 9.47 Å². The summed E-state index contributed by atoms with van der Waals surface area (Å²) in [5, 5.41) is 0. The number of rotatable bonds is 3. The third-order valence-corrected chi connectivity index (χ3v) is 5.84. The van der Waals surface area contributed by atoms with Gasteiger partial charge in [0.2, 0.25) is 6.10 Å². The van der Waals surface area contributed by atoms with E-state index in [1.807, 2.05) is 17.0 Å². The molecule has 0 N–H and O–H groups in total. The van der Waals surface area contributed by atoms with Gasteiger partial charge in [0.25, 0.3) is 5.91 Å². The van der Waals surface area contributed by atoms with E-state index >= 15 is 0 Å². The number of carbonyl (C=O) groups is 2. The molecule has 1 aromatic rings. The average molecular weight is 373 g/mol. The molecule has 4 rings (SSSR count). The number of ether oxygens (including phenoxy) is 3. The molecular formula is C21H27NO5. The molecular weight excluding hydrogens is 346 g/mol. The normalized spacial score (nSPS) is 30.7. The van der Waals surface area contributed by atoms with Gasteiger partial charge in [-0.15, -0.1) is 0 Å². The standard InChI is InChI=1S/C21H27NO5/c1-20(2)8-14-9-21(3,12-20)13-22(14)18(23)11-26-19(24)17-10-25-15-6-4-5-7-16(15)27-17/h4-7,14,17H,8-13H2,1-3H3/t14-,17-,21+/m1/s1. The Kier molecular flexibility index (Phi) is 4.32. The van der Waals surface area contributed by atoms with Crippen molar-refractivity contribution < 1.29 is 23.8 Å². The molecule has 0 unspecified atom stereocenters. The van der Waals surface area contributed by atoms with Crippen molar-refractivity contribution in [2.45, 2.75) is 52.2 Å². The van der Waals surface area contributed by atoms with Gasteiger partial charge in [-0.1, -0.05) is 32.9 Å². The largest absolute Gasteiger partial charge is 0.485 e. The molecule has 1 saturated heterocycles. The summed E-state index contributed by atoms with van der Waals surface area (Å²) in [4.78, 5) is 26.9. The average Bonchev–Trinajstić information content (AvgIpc) is 2.87. The lowest BCUT2D eigenvalue weighted by atomic mass is 9.65. The van der Waals surface area contributed by atoms with Crippen LogP contribution in [-0.2, 0) is 14.3 Å².